The molecule has 3 nitrogen and oxygen atoms in total. The molecule has 0 amide bonds. The van der Waals surface area contributed by atoms with Crippen LogP contribution in [0.3, 0.4) is 0 Å². The van der Waals surface area contributed by atoms with Crippen molar-refractivity contribution in [1.82, 2.24) is 9.88 Å². The molecule has 1 aromatic heterocycles. The lowest BCUT2D eigenvalue weighted by Crippen LogP contribution is -2.44. The predicted molar refractivity (Wildman–Crippen MR) is 57.3 cm³/mol. The lowest BCUT2D eigenvalue weighted by molar-refractivity contribution is 0.128. The standard InChI is InChI=1S/C9H14N2O.C2H6/c1-7-4-10-9(12-7)3-8-5-11(2)6-8;1-2/h4,8H,3,5-6H2,1-2H3;1-2H3. The molecule has 0 aliphatic carbocycles. The first-order chi connectivity index (χ1) is 6.74. The van der Waals surface area contributed by atoms with Crippen molar-refractivity contribution in [2.75, 3.05) is 20.1 Å². The summed E-state index contributed by atoms with van der Waals surface area (Å²) < 4.78 is 5.40. The molecule has 0 bridgehead atoms. The van der Waals surface area contributed by atoms with Crippen molar-refractivity contribution in [3.05, 3.63) is 17.8 Å². The average molecular weight is 196 g/mol. The summed E-state index contributed by atoms with van der Waals surface area (Å²) in [5.41, 5.74) is 0. The van der Waals surface area contributed by atoms with E-state index < -0.39 is 0 Å². The molecule has 2 heterocycles. The zero-order chi connectivity index (χ0) is 10.6. The third kappa shape index (κ3) is 2.84. The van der Waals surface area contributed by atoms with Crippen LogP contribution in [0.2, 0.25) is 0 Å². The maximum absolute atomic E-state index is 5.40. The van der Waals surface area contributed by atoms with Gasteiger partial charge in [0, 0.05) is 19.5 Å². The van der Waals surface area contributed by atoms with E-state index in [1.807, 2.05) is 20.8 Å². The molecule has 0 spiro atoms. The summed E-state index contributed by atoms with van der Waals surface area (Å²) in [6.07, 6.45) is 2.79. The van der Waals surface area contributed by atoms with Crippen LogP contribution in [0.5, 0.6) is 0 Å². The van der Waals surface area contributed by atoms with Gasteiger partial charge in [-0.05, 0) is 19.9 Å². The van der Waals surface area contributed by atoms with Gasteiger partial charge in [-0.2, -0.15) is 0 Å². The Morgan fingerprint density at radius 1 is 1.50 bits per heavy atom. The van der Waals surface area contributed by atoms with Gasteiger partial charge in [-0.25, -0.2) is 4.98 Å². The normalized spacial score (nSPS) is 17.1. The fourth-order valence-electron chi connectivity index (χ4n) is 1.70. The first-order valence-electron chi connectivity index (χ1n) is 5.34. The van der Waals surface area contributed by atoms with Crippen LogP contribution in [-0.2, 0) is 6.42 Å². The van der Waals surface area contributed by atoms with E-state index in [1.54, 1.807) is 6.20 Å². The number of oxazole rings is 1. The van der Waals surface area contributed by atoms with Gasteiger partial charge in [-0.3, -0.25) is 0 Å². The van der Waals surface area contributed by atoms with Crippen LogP contribution in [0.15, 0.2) is 10.6 Å². The molecule has 0 atom stereocenters. The third-order valence-electron chi connectivity index (χ3n) is 2.27. The minimum Gasteiger partial charge on any atom is -0.446 e. The van der Waals surface area contributed by atoms with Crippen molar-refractivity contribution >= 4 is 0 Å². The minimum absolute atomic E-state index is 0.757. The highest BCUT2D eigenvalue weighted by Crippen LogP contribution is 2.17. The maximum atomic E-state index is 5.40. The molecule has 1 saturated heterocycles. The number of aromatic nitrogens is 1. The van der Waals surface area contributed by atoms with Crippen molar-refractivity contribution in [2.24, 2.45) is 5.92 Å². The SMILES string of the molecule is CC.Cc1cnc(CC2CN(C)C2)o1. The Kier molecular flexibility index (Phi) is 4.14. The molecule has 0 radical (unpaired) electrons. The molecule has 14 heavy (non-hydrogen) atoms. The molecule has 0 saturated carbocycles. The lowest BCUT2D eigenvalue weighted by atomic mass is 9.97. The number of rotatable bonds is 2. The van der Waals surface area contributed by atoms with Crippen LogP contribution >= 0.6 is 0 Å². The van der Waals surface area contributed by atoms with Crippen LogP contribution in [0.4, 0.5) is 0 Å². The monoisotopic (exact) mass is 196 g/mol. The highest BCUT2D eigenvalue weighted by molar-refractivity contribution is 4.94. The van der Waals surface area contributed by atoms with Crippen molar-refractivity contribution in [3.63, 3.8) is 0 Å². The molecule has 1 aliphatic rings. The third-order valence-corrected chi connectivity index (χ3v) is 2.27. The number of hydrogen-bond acceptors (Lipinski definition) is 3. The fourth-order valence-corrected chi connectivity index (χ4v) is 1.70. The Balaban J connectivity index is 0.000000461. The van der Waals surface area contributed by atoms with E-state index in [4.69, 9.17) is 4.42 Å². The van der Waals surface area contributed by atoms with E-state index in [-0.39, 0.29) is 0 Å². The minimum atomic E-state index is 0.757. The van der Waals surface area contributed by atoms with Gasteiger partial charge in [0.15, 0.2) is 5.89 Å². The first kappa shape index (κ1) is 11.2. The summed E-state index contributed by atoms with van der Waals surface area (Å²) in [7, 11) is 2.14. The van der Waals surface area contributed by atoms with Crippen molar-refractivity contribution in [1.29, 1.82) is 0 Å². The molecule has 0 aromatic carbocycles. The van der Waals surface area contributed by atoms with Gasteiger partial charge in [-0.1, -0.05) is 13.8 Å². The molecule has 0 unspecified atom stereocenters. The Morgan fingerprint density at radius 3 is 2.57 bits per heavy atom. The molecule has 2 rings (SSSR count). The molecule has 1 aromatic rings. The van der Waals surface area contributed by atoms with Gasteiger partial charge in [0.25, 0.3) is 0 Å². The summed E-state index contributed by atoms with van der Waals surface area (Å²) in [4.78, 5) is 6.48. The van der Waals surface area contributed by atoms with Crippen molar-refractivity contribution < 1.29 is 4.42 Å². The van der Waals surface area contributed by atoms with Crippen molar-refractivity contribution in [3.8, 4) is 0 Å². The number of nitrogens with zero attached hydrogens (tertiary/aromatic N) is 2. The van der Waals surface area contributed by atoms with Crippen LogP contribution in [0.1, 0.15) is 25.5 Å². The van der Waals surface area contributed by atoms with Crippen LogP contribution in [0.25, 0.3) is 0 Å². The summed E-state index contributed by atoms with van der Waals surface area (Å²) in [5.74, 6) is 2.57. The lowest BCUT2D eigenvalue weighted by Gasteiger charge is -2.35. The van der Waals surface area contributed by atoms with Crippen LogP contribution in [0, 0.1) is 12.8 Å². The van der Waals surface area contributed by atoms with E-state index in [1.165, 1.54) is 13.1 Å². The second-order valence-corrected chi connectivity index (χ2v) is 3.66. The quantitative estimate of drug-likeness (QED) is 0.725. The van der Waals surface area contributed by atoms with E-state index in [2.05, 4.69) is 16.9 Å². The zero-order valence-corrected chi connectivity index (χ0v) is 9.58. The topological polar surface area (TPSA) is 29.3 Å². The van der Waals surface area contributed by atoms with Gasteiger partial charge >= 0.3 is 0 Å². The molecule has 0 N–H and O–H groups in total. The Labute approximate surface area is 86.1 Å². The van der Waals surface area contributed by atoms with Gasteiger partial charge in [-0.15, -0.1) is 0 Å². The summed E-state index contributed by atoms with van der Waals surface area (Å²) in [5, 5.41) is 0. The van der Waals surface area contributed by atoms with Crippen LogP contribution < -0.4 is 0 Å². The van der Waals surface area contributed by atoms with E-state index in [9.17, 15) is 0 Å². The molecule has 1 fully saturated rings. The zero-order valence-electron chi connectivity index (χ0n) is 9.58. The molecule has 3 heteroatoms. The van der Waals surface area contributed by atoms with E-state index in [0.29, 0.717) is 0 Å². The summed E-state index contributed by atoms with van der Waals surface area (Å²) >= 11 is 0. The number of aryl methyl sites for hydroxylation is 1. The average Bonchev–Trinajstić information content (AvgIpc) is 2.52. The first-order valence-corrected chi connectivity index (χ1v) is 5.34. The molecule has 1 aliphatic heterocycles. The van der Waals surface area contributed by atoms with E-state index >= 15 is 0 Å². The smallest absolute Gasteiger partial charge is 0.194 e. The summed E-state index contributed by atoms with van der Waals surface area (Å²) in [6, 6.07) is 0. The van der Waals surface area contributed by atoms with Crippen molar-refractivity contribution in [2.45, 2.75) is 27.2 Å². The van der Waals surface area contributed by atoms with Gasteiger partial charge in [0.1, 0.15) is 5.76 Å². The van der Waals surface area contributed by atoms with E-state index in [0.717, 1.165) is 24.0 Å². The van der Waals surface area contributed by atoms with Crippen LogP contribution in [-0.4, -0.2) is 30.0 Å². The second-order valence-electron chi connectivity index (χ2n) is 3.66. The van der Waals surface area contributed by atoms with Gasteiger partial charge in [0.05, 0.1) is 6.20 Å². The Morgan fingerprint density at radius 2 is 2.14 bits per heavy atom. The predicted octanol–water partition coefficient (Wildman–Crippen LogP) is 2.11. The van der Waals surface area contributed by atoms with Gasteiger partial charge in [0.2, 0.25) is 0 Å². The highest BCUT2D eigenvalue weighted by Gasteiger charge is 2.24. The summed E-state index contributed by atoms with van der Waals surface area (Å²) in [6.45, 7) is 8.30. The Bertz CT molecular complexity index is 264. The fraction of sp³-hybridized carbons (Fsp3) is 0.727. The molecule has 80 valence electrons. The van der Waals surface area contributed by atoms with Gasteiger partial charge < -0.3 is 9.32 Å². The largest absolute Gasteiger partial charge is 0.446 e. The number of likely N-dealkylation sites (tertiary alicyclic amines) is 1. The second kappa shape index (κ2) is 5.15. The Hall–Kier alpha value is -0.830. The highest BCUT2D eigenvalue weighted by atomic mass is 16.4. The number of hydrogen-bond donors (Lipinski definition) is 0. The maximum Gasteiger partial charge on any atom is 0.194 e. The molecular weight excluding hydrogens is 176 g/mol. The molecular formula is C11H20N2O.